The van der Waals surface area contributed by atoms with Crippen molar-refractivity contribution in [1.82, 2.24) is 10.2 Å². The fourth-order valence-electron chi connectivity index (χ4n) is 2.54. The maximum absolute atomic E-state index is 12.5. The van der Waals surface area contributed by atoms with Crippen LogP contribution in [-0.2, 0) is 0 Å². The van der Waals surface area contributed by atoms with Gasteiger partial charge in [0.2, 0.25) is 0 Å². The number of amides is 1. The van der Waals surface area contributed by atoms with Gasteiger partial charge in [0.05, 0.1) is 10.7 Å². The minimum Gasteiger partial charge on any atom is -0.497 e. The molecule has 1 saturated heterocycles. The van der Waals surface area contributed by atoms with Gasteiger partial charge in [-0.25, -0.2) is 0 Å². The van der Waals surface area contributed by atoms with Crippen molar-refractivity contribution >= 4 is 28.5 Å². The summed E-state index contributed by atoms with van der Waals surface area (Å²) in [5.74, 6) is 2.33. The Morgan fingerprint density at radius 3 is 2.38 bits per heavy atom. The first-order valence-electron chi connectivity index (χ1n) is 7.79. The predicted molar refractivity (Wildman–Crippen MR) is 101 cm³/mol. The van der Waals surface area contributed by atoms with Crippen LogP contribution >= 0.6 is 22.6 Å². The largest absolute Gasteiger partial charge is 0.497 e. The number of carbonyl (C=O) groups is 1. The van der Waals surface area contributed by atoms with E-state index in [4.69, 9.17) is 9.47 Å². The molecular weight excluding hydrogens is 419 g/mol. The fraction of sp³-hybridized carbons (Fsp3) is 0.278. The second-order valence-corrected chi connectivity index (χ2v) is 6.63. The summed E-state index contributed by atoms with van der Waals surface area (Å²) in [6, 6.07) is 13.0. The lowest BCUT2D eigenvalue weighted by atomic mass is 10.2. The summed E-state index contributed by atoms with van der Waals surface area (Å²) in [5.41, 5.74) is 0.698. The van der Waals surface area contributed by atoms with Gasteiger partial charge >= 0.3 is 0 Å². The second kappa shape index (κ2) is 7.85. The molecule has 1 heterocycles. The van der Waals surface area contributed by atoms with Crippen LogP contribution in [0.25, 0.3) is 0 Å². The van der Waals surface area contributed by atoms with E-state index in [-0.39, 0.29) is 5.91 Å². The molecule has 0 spiro atoms. The van der Waals surface area contributed by atoms with E-state index in [1.807, 2.05) is 47.4 Å². The SMILES string of the molecule is COc1ccc(Oc2ccc(C(=O)N3CCNCC3)cc2I)cc1. The number of carbonyl (C=O) groups excluding carboxylic acids is 1. The minimum absolute atomic E-state index is 0.0745. The molecule has 126 valence electrons. The molecule has 2 aromatic rings. The number of hydrogen-bond donors (Lipinski definition) is 1. The van der Waals surface area contributed by atoms with Crippen LogP contribution < -0.4 is 14.8 Å². The van der Waals surface area contributed by atoms with Gasteiger partial charge in [-0.3, -0.25) is 4.79 Å². The molecule has 0 unspecified atom stereocenters. The molecular formula is C18H19IN2O3. The lowest BCUT2D eigenvalue weighted by Gasteiger charge is -2.27. The van der Waals surface area contributed by atoms with Crippen LogP contribution in [0.4, 0.5) is 0 Å². The van der Waals surface area contributed by atoms with Crippen LogP contribution in [0.15, 0.2) is 42.5 Å². The zero-order valence-electron chi connectivity index (χ0n) is 13.4. The van der Waals surface area contributed by atoms with Crippen LogP contribution in [0.1, 0.15) is 10.4 Å². The molecule has 0 radical (unpaired) electrons. The van der Waals surface area contributed by atoms with Crippen molar-refractivity contribution in [3.05, 3.63) is 51.6 Å². The lowest BCUT2D eigenvalue weighted by Crippen LogP contribution is -2.46. The number of benzene rings is 2. The molecule has 0 bridgehead atoms. The van der Waals surface area contributed by atoms with Gasteiger partial charge in [0.15, 0.2) is 0 Å². The number of methoxy groups -OCH3 is 1. The second-order valence-electron chi connectivity index (χ2n) is 5.46. The quantitative estimate of drug-likeness (QED) is 0.746. The third kappa shape index (κ3) is 3.99. The molecule has 3 rings (SSSR count). The maximum atomic E-state index is 12.5. The molecule has 24 heavy (non-hydrogen) atoms. The van der Waals surface area contributed by atoms with Gasteiger partial charge in [-0.15, -0.1) is 0 Å². The Hall–Kier alpha value is -1.80. The fourth-order valence-corrected chi connectivity index (χ4v) is 3.16. The summed E-state index contributed by atoms with van der Waals surface area (Å²) in [5, 5.41) is 3.25. The van der Waals surface area contributed by atoms with Crippen molar-refractivity contribution in [3.8, 4) is 17.2 Å². The van der Waals surface area contributed by atoms with Gasteiger partial charge in [-0.05, 0) is 65.1 Å². The molecule has 0 atom stereocenters. The highest BCUT2D eigenvalue weighted by atomic mass is 127. The standard InChI is InChI=1S/C18H19IN2O3/c1-23-14-3-5-15(6-4-14)24-17-7-2-13(12-16(17)19)18(22)21-10-8-20-9-11-21/h2-7,12,20H,8-11H2,1H3. The summed E-state index contributed by atoms with van der Waals surface area (Å²) in [4.78, 5) is 14.4. The van der Waals surface area contributed by atoms with Crippen molar-refractivity contribution in [2.24, 2.45) is 0 Å². The smallest absolute Gasteiger partial charge is 0.253 e. The molecule has 0 aliphatic carbocycles. The third-order valence-electron chi connectivity index (χ3n) is 3.87. The summed E-state index contributed by atoms with van der Waals surface area (Å²) < 4.78 is 11.9. The van der Waals surface area contributed by atoms with E-state index in [9.17, 15) is 4.79 Å². The Morgan fingerprint density at radius 1 is 1.08 bits per heavy atom. The van der Waals surface area contributed by atoms with Crippen LogP contribution in [0.5, 0.6) is 17.2 Å². The molecule has 1 N–H and O–H groups in total. The Kier molecular flexibility index (Phi) is 5.57. The van der Waals surface area contributed by atoms with Gasteiger partial charge in [0, 0.05) is 31.7 Å². The maximum Gasteiger partial charge on any atom is 0.253 e. The molecule has 1 amide bonds. The van der Waals surface area contributed by atoms with Gasteiger partial charge < -0.3 is 19.7 Å². The zero-order valence-corrected chi connectivity index (χ0v) is 15.6. The predicted octanol–water partition coefficient (Wildman–Crippen LogP) is 3.14. The number of hydrogen-bond acceptors (Lipinski definition) is 4. The average Bonchev–Trinajstić information content (AvgIpc) is 2.64. The van der Waals surface area contributed by atoms with E-state index in [0.29, 0.717) is 5.56 Å². The molecule has 1 aliphatic rings. The molecule has 0 saturated carbocycles. The normalized spacial score (nSPS) is 14.3. The van der Waals surface area contributed by atoms with Crippen molar-refractivity contribution in [1.29, 1.82) is 0 Å². The van der Waals surface area contributed by atoms with Crippen LogP contribution in [0.2, 0.25) is 0 Å². The van der Waals surface area contributed by atoms with E-state index in [2.05, 4.69) is 27.9 Å². The summed E-state index contributed by atoms with van der Waals surface area (Å²) >= 11 is 2.20. The van der Waals surface area contributed by atoms with Crippen molar-refractivity contribution in [3.63, 3.8) is 0 Å². The van der Waals surface area contributed by atoms with E-state index < -0.39 is 0 Å². The number of nitrogens with one attached hydrogen (secondary N) is 1. The number of halogens is 1. The number of nitrogens with zero attached hydrogens (tertiary/aromatic N) is 1. The van der Waals surface area contributed by atoms with E-state index in [1.54, 1.807) is 7.11 Å². The molecule has 5 nitrogen and oxygen atoms in total. The summed E-state index contributed by atoms with van der Waals surface area (Å²) in [7, 11) is 1.63. The monoisotopic (exact) mass is 438 g/mol. The summed E-state index contributed by atoms with van der Waals surface area (Å²) in [6.45, 7) is 3.20. The average molecular weight is 438 g/mol. The van der Waals surface area contributed by atoms with Crippen molar-refractivity contribution < 1.29 is 14.3 Å². The van der Waals surface area contributed by atoms with Gasteiger partial charge in [-0.1, -0.05) is 0 Å². The Balaban J connectivity index is 1.72. The van der Waals surface area contributed by atoms with Gasteiger partial charge in [0.25, 0.3) is 5.91 Å². The molecule has 6 heteroatoms. The molecule has 1 fully saturated rings. The van der Waals surface area contributed by atoms with E-state index >= 15 is 0 Å². The minimum atomic E-state index is 0.0745. The Bertz CT molecular complexity index is 713. The van der Waals surface area contributed by atoms with Gasteiger partial charge in [0.1, 0.15) is 17.2 Å². The lowest BCUT2D eigenvalue weighted by molar-refractivity contribution is 0.0735. The first kappa shape index (κ1) is 17.0. The first-order valence-corrected chi connectivity index (χ1v) is 8.87. The molecule has 2 aromatic carbocycles. The molecule has 1 aliphatic heterocycles. The number of piperazine rings is 1. The van der Waals surface area contributed by atoms with Crippen molar-refractivity contribution in [2.75, 3.05) is 33.3 Å². The zero-order chi connectivity index (χ0) is 16.9. The van der Waals surface area contributed by atoms with Crippen molar-refractivity contribution in [2.45, 2.75) is 0 Å². The number of rotatable bonds is 4. The topological polar surface area (TPSA) is 50.8 Å². The van der Waals surface area contributed by atoms with Crippen LogP contribution in [0, 0.1) is 3.57 Å². The number of ether oxygens (including phenoxy) is 2. The molecule has 0 aromatic heterocycles. The van der Waals surface area contributed by atoms with E-state index in [1.165, 1.54) is 0 Å². The van der Waals surface area contributed by atoms with Crippen LogP contribution in [-0.4, -0.2) is 44.1 Å². The highest BCUT2D eigenvalue weighted by Gasteiger charge is 2.18. The first-order chi connectivity index (χ1) is 11.7. The summed E-state index contributed by atoms with van der Waals surface area (Å²) in [6.07, 6.45) is 0. The van der Waals surface area contributed by atoms with Gasteiger partial charge in [-0.2, -0.15) is 0 Å². The highest BCUT2D eigenvalue weighted by Crippen LogP contribution is 2.29. The third-order valence-corrected chi connectivity index (χ3v) is 4.71. The Morgan fingerprint density at radius 2 is 1.75 bits per heavy atom. The van der Waals surface area contributed by atoms with Crippen LogP contribution in [0.3, 0.4) is 0 Å². The van der Waals surface area contributed by atoms with E-state index in [0.717, 1.165) is 47.0 Å². The highest BCUT2D eigenvalue weighted by molar-refractivity contribution is 14.1. The Labute approximate surface area is 155 Å².